The molecule has 0 aromatic heterocycles. The molecule has 0 aliphatic heterocycles. The Bertz CT molecular complexity index is 166. The van der Waals surface area contributed by atoms with Gasteiger partial charge in [-0.25, -0.2) is 0 Å². The molecule has 10 heavy (non-hydrogen) atoms. The molecule has 0 aromatic rings. The van der Waals surface area contributed by atoms with Crippen LogP contribution in [0.5, 0.6) is 0 Å². The maximum atomic E-state index is 10.5. The van der Waals surface area contributed by atoms with Crippen molar-refractivity contribution in [2.24, 2.45) is 5.73 Å². The molecule has 1 amide bonds. The number of nitrogens with two attached hydrogens (primary N) is 1. The minimum absolute atomic E-state index is 0.231. The van der Waals surface area contributed by atoms with Crippen molar-refractivity contribution in [3.05, 3.63) is 11.6 Å². The molecule has 0 aliphatic carbocycles. The van der Waals surface area contributed by atoms with Crippen molar-refractivity contribution in [1.29, 1.82) is 5.41 Å². The van der Waals surface area contributed by atoms with Crippen LogP contribution in [0.1, 0.15) is 20.3 Å². The summed E-state index contributed by atoms with van der Waals surface area (Å²) in [4.78, 5) is 10.5. The van der Waals surface area contributed by atoms with Crippen LogP contribution in [-0.4, -0.2) is 11.6 Å². The Morgan fingerprint density at radius 2 is 2.20 bits per heavy atom. The van der Waals surface area contributed by atoms with E-state index in [9.17, 15) is 4.79 Å². The van der Waals surface area contributed by atoms with E-state index in [1.165, 1.54) is 0 Å². The number of amides is 1. The highest BCUT2D eigenvalue weighted by molar-refractivity contribution is 6.18. The van der Waals surface area contributed by atoms with Gasteiger partial charge in [-0.1, -0.05) is 13.0 Å². The highest BCUT2D eigenvalue weighted by Crippen LogP contribution is 1.96. The molecule has 0 saturated carbocycles. The Morgan fingerprint density at radius 1 is 1.70 bits per heavy atom. The molecule has 3 heteroatoms. The molecule has 0 bridgehead atoms. The average molecular weight is 140 g/mol. The van der Waals surface area contributed by atoms with Crippen LogP contribution >= 0.6 is 0 Å². The van der Waals surface area contributed by atoms with Crippen LogP contribution in [0.3, 0.4) is 0 Å². The SMILES string of the molecule is CC/C=C(\C(C)=N)C(N)=O. The first-order chi connectivity index (χ1) is 4.59. The zero-order valence-corrected chi connectivity index (χ0v) is 6.27. The van der Waals surface area contributed by atoms with E-state index >= 15 is 0 Å². The Hall–Kier alpha value is -1.12. The highest BCUT2D eigenvalue weighted by atomic mass is 16.1. The van der Waals surface area contributed by atoms with Crippen LogP contribution < -0.4 is 5.73 Å². The molecule has 0 spiro atoms. The number of primary amides is 1. The second-order valence-corrected chi connectivity index (χ2v) is 2.02. The lowest BCUT2D eigenvalue weighted by atomic mass is 10.1. The van der Waals surface area contributed by atoms with Crippen LogP contribution in [0.4, 0.5) is 0 Å². The van der Waals surface area contributed by atoms with Gasteiger partial charge in [0.15, 0.2) is 0 Å². The van der Waals surface area contributed by atoms with Crippen molar-refractivity contribution in [3.63, 3.8) is 0 Å². The fraction of sp³-hybridized carbons (Fsp3) is 0.429. The molecule has 0 fully saturated rings. The van der Waals surface area contributed by atoms with Gasteiger partial charge in [0.1, 0.15) is 0 Å². The van der Waals surface area contributed by atoms with Crippen molar-refractivity contribution >= 4 is 11.6 Å². The molecule has 0 unspecified atom stereocenters. The third kappa shape index (κ3) is 2.44. The fourth-order valence-corrected chi connectivity index (χ4v) is 0.643. The first-order valence-electron chi connectivity index (χ1n) is 3.15. The molecule has 0 atom stereocenters. The van der Waals surface area contributed by atoms with Crippen molar-refractivity contribution in [1.82, 2.24) is 0 Å². The van der Waals surface area contributed by atoms with Gasteiger partial charge in [-0.15, -0.1) is 0 Å². The molecule has 56 valence electrons. The topological polar surface area (TPSA) is 66.9 Å². The fourth-order valence-electron chi connectivity index (χ4n) is 0.643. The summed E-state index contributed by atoms with van der Waals surface area (Å²) < 4.78 is 0. The van der Waals surface area contributed by atoms with Crippen molar-refractivity contribution in [2.75, 3.05) is 0 Å². The lowest BCUT2D eigenvalue weighted by molar-refractivity contribution is -0.114. The summed E-state index contributed by atoms with van der Waals surface area (Å²) in [6.07, 6.45) is 2.39. The average Bonchev–Trinajstić information content (AvgIpc) is 1.81. The summed E-state index contributed by atoms with van der Waals surface area (Å²) in [5.74, 6) is -0.519. The van der Waals surface area contributed by atoms with Gasteiger partial charge in [-0.05, 0) is 13.3 Å². The van der Waals surface area contributed by atoms with Crippen molar-refractivity contribution in [3.8, 4) is 0 Å². The number of carbonyl (C=O) groups is 1. The number of hydrogen-bond donors (Lipinski definition) is 2. The smallest absolute Gasteiger partial charge is 0.250 e. The minimum atomic E-state index is -0.519. The van der Waals surface area contributed by atoms with Crippen LogP contribution in [0.25, 0.3) is 0 Å². The molecule has 0 aromatic carbocycles. The molecule has 0 saturated heterocycles. The summed E-state index contributed by atoms with van der Waals surface area (Å²) in [5.41, 5.74) is 5.53. The van der Waals surface area contributed by atoms with E-state index in [1.807, 2.05) is 6.92 Å². The third-order valence-corrected chi connectivity index (χ3v) is 1.08. The quantitative estimate of drug-likeness (QED) is 0.443. The molecule has 0 aliphatic rings. The monoisotopic (exact) mass is 140 g/mol. The summed E-state index contributed by atoms with van der Waals surface area (Å²) >= 11 is 0. The molecular formula is C7H12N2O. The van der Waals surface area contributed by atoms with Gasteiger partial charge in [0.25, 0.3) is 0 Å². The summed E-state index contributed by atoms with van der Waals surface area (Å²) in [5, 5.41) is 7.12. The van der Waals surface area contributed by atoms with Gasteiger partial charge in [-0.3, -0.25) is 4.79 Å². The standard InChI is InChI=1S/C7H12N2O/c1-3-4-6(5(2)8)7(9)10/h4,8H,3H2,1-2H3,(H2,9,10)/b6-4+,8-5?. The van der Waals surface area contributed by atoms with E-state index in [1.54, 1.807) is 13.0 Å². The zero-order valence-electron chi connectivity index (χ0n) is 6.27. The lowest BCUT2D eigenvalue weighted by Crippen LogP contribution is -2.18. The maximum absolute atomic E-state index is 10.5. The predicted octanol–water partition coefficient (Wildman–Crippen LogP) is 0.848. The number of allylic oxidation sites excluding steroid dienone is 1. The van der Waals surface area contributed by atoms with Gasteiger partial charge >= 0.3 is 0 Å². The summed E-state index contributed by atoms with van der Waals surface area (Å²) in [7, 11) is 0. The van der Waals surface area contributed by atoms with Gasteiger partial charge in [-0.2, -0.15) is 0 Å². The summed E-state index contributed by atoms with van der Waals surface area (Å²) in [6.45, 7) is 3.44. The molecule has 3 N–H and O–H groups in total. The zero-order chi connectivity index (χ0) is 8.15. The predicted molar refractivity (Wildman–Crippen MR) is 41.0 cm³/mol. The maximum Gasteiger partial charge on any atom is 0.250 e. The molecular weight excluding hydrogens is 128 g/mol. The van der Waals surface area contributed by atoms with Gasteiger partial charge in [0.05, 0.1) is 5.57 Å². The van der Waals surface area contributed by atoms with Crippen LogP contribution in [0.15, 0.2) is 11.6 Å². The van der Waals surface area contributed by atoms with Crippen molar-refractivity contribution in [2.45, 2.75) is 20.3 Å². The van der Waals surface area contributed by atoms with Crippen LogP contribution in [-0.2, 0) is 4.79 Å². The largest absolute Gasteiger partial charge is 0.366 e. The first kappa shape index (κ1) is 8.88. The second kappa shape index (κ2) is 3.82. The summed E-state index contributed by atoms with van der Waals surface area (Å²) in [6, 6.07) is 0. The number of nitrogens with one attached hydrogen (secondary N) is 1. The van der Waals surface area contributed by atoms with Crippen LogP contribution in [0, 0.1) is 5.41 Å². The highest BCUT2D eigenvalue weighted by Gasteiger charge is 2.04. The Balaban J connectivity index is 4.42. The lowest BCUT2D eigenvalue weighted by Gasteiger charge is -1.97. The normalized spacial score (nSPS) is 11.2. The third-order valence-electron chi connectivity index (χ3n) is 1.08. The van der Waals surface area contributed by atoms with E-state index in [0.717, 1.165) is 6.42 Å². The van der Waals surface area contributed by atoms with E-state index in [4.69, 9.17) is 11.1 Å². The van der Waals surface area contributed by atoms with E-state index in [0.29, 0.717) is 5.57 Å². The van der Waals surface area contributed by atoms with Crippen molar-refractivity contribution < 1.29 is 4.79 Å². The van der Waals surface area contributed by atoms with Gasteiger partial charge < -0.3 is 11.1 Å². The molecule has 0 heterocycles. The van der Waals surface area contributed by atoms with Crippen LogP contribution in [0.2, 0.25) is 0 Å². The van der Waals surface area contributed by atoms with E-state index in [2.05, 4.69) is 0 Å². The first-order valence-corrected chi connectivity index (χ1v) is 3.15. The molecule has 0 rings (SSSR count). The number of carbonyl (C=O) groups excluding carboxylic acids is 1. The van der Waals surface area contributed by atoms with Gasteiger partial charge in [0.2, 0.25) is 5.91 Å². The van der Waals surface area contributed by atoms with E-state index < -0.39 is 5.91 Å². The second-order valence-electron chi connectivity index (χ2n) is 2.02. The van der Waals surface area contributed by atoms with E-state index in [-0.39, 0.29) is 5.71 Å². The number of rotatable bonds is 3. The molecule has 3 nitrogen and oxygen atoms in total. The Kier molecular flexibility index (Phi) is 3.39. The number of hydrogen-bond acceptors (Lipinski definition) is 2. The Morgan fingerprint density at radius 3 is 2.30 bits per heavy atom. The molecule has 0 radical (unpaired) electrons. The minimum Gasteiger partial charge on any atom is -0.366 e. The van der Waals surface area contributed by atoms with Gasteiger partial charge in [0, 0.05) is 5.71 Å². The Labute approximate surface area is 60.4 Å².